The van der Waals surface area contributed by atoms with Crippen molar-refractivity contribution in [2.45, 2.75) is 19.9 Å². The smallest absolute Gasteiger partial charge is 0.124 e. The fourth-order valence-electron chi connectivity index (χ4n) is 1.56. The quantitative estimate of drug-likeness (QED) is 0.806. The van der Waals surface area contributed by atoms with Crippen LogP contribution in [0.1, 0.15) is 25.5 Å². The van der Waals surface area contributed by atoms with Crippen LogP contribution in [0.15, 0.2) is 18.2 Å². The van der Waals surface area contributed by atoms with Crippen LogP contribution >= 0.6 is 11.6 Å². The lowest BCUT2D eigenvalue weighted by Gasteiger charge is -2.17. The molecule has 0 bridgehead atoms. The molecule has 3 nitrogen and oxygen atoms in total. The van der Waals surface area contributed by atoms with Crippen molar-refractivity contribution in [1.29, 1.82) is 0 Å². The van der Waals surface area contributed by atoms with Gasteiger partial charge in [0.2, 0.25) is 0 Å². The lowest BCUT2D eigenvalue weighted by molar-refractivity contribution is 0.199. The standard InChI is InChI=1S/C12H18ClNO2/c1-3-14-9(2)11-8-10(13)4-5-12(11)16-7-6-15/h4-5,8-9,14-15H,3,6-7H2,1-2H3. The van der Waals surface area contributed by atoms with Gasteiger partial charge in [-0.3, -0.25) is 0 Å². The second-order valence-electron chi connectivity index (χ2n) is 3.53. The van der Waals surface area contributed by atoms with Crippen LogP contribution < -0.4 is 10.1 Å². The van der Waals surface area contributed by atoms with Gasteiger partial charge in [0.25, 0.3) is 0 Å². The van der Waals surface area contributed by atoms with Gasteiger partial charge in [-0.25, -0.2) is 0 Å². The third-order valence-corrected chi connectivity index (χ3v) is 2.53. The number of hydrogen-bond acceptors (Lipinski definition) is 3. The van der Waals surface area contributed by atoms with Gasteiger partial charge >= 0.3 is 0 Å². The van der Waals surface area contributed by atoms with Crippen molar-refractivity contribution >= 4 is 11.6 Å². The van der Waals surface area contributed by atoms with E-state index in [-0.39, 0.29) is 12.6 Å². The third kappa shape index (κ3) is 3.67. The first-order valence-corrected chi connectivity index (χ1v) is 5.83. The molecule has 0 aliphatic rings. The Bertz CT molecular complexity index is 331. The number of nitrogens with one attached hydrogen (secondary N) is 1. The van der Waals surface area contributed by atoms with Crippen molar-refractivity contribution in [1.82, 2.24) is 5.32 Å². The molecule has 0 fully saturated rings. The van der Waals surface area contributed by atoms with Gasteiger partial charge in [0, 0.05) is 16.6 Å². The molecule has 0 radical (unpaired) electrons. The van der Waals surface area contributed by atoms with E-state index in [2.05, 4.69) is 19.2 Å². The van der Waals surface area contributed by atoms with Crippen LogP contribution in [0.25, 0.3) is 0 Å². The van der Waals surface area contributed by atoms with Crippen LogP contribution in [0.3, 0.4) is 0 Å². The average Bonchev–Trinajstić information content (AvgIpc) is 2.27. The van der Waals surface area contributed by atoms with Crippen LogP contribution in [0.4, 0.5) is 0 Å². The highest BCUT2D eigenvalue weighted by Gasteiger charge is 2.11. The molecular formula is C12H18ClNO2. The van der Waals surface area contributed by atoms with E-state index in [4.69, 9.17) is 21.4 Å². The molecule has 1 unspecified atom stereocenters. The number of halogens is 1. The van der Waals surface area contributed by atoms with Gasteiger partial charge in [0.15, 0.2) is 0 Å². The maximum Gasteiger partial charge on any atom is 0.124 e. The predicted octanol–water partition coefficient (Wildman–Crippen LogP) is 2.38. The second-order valence-corrected chi connectivity index (χ2v) is 3.97. The Kier molecular flexibility index (Phi) is 5.60. The molecular weight excluding hydrogens is 226 g/mol. The van der Waals surface area contributed by atoms with E-state index in [9.17, 15) is 0 Å². The number of aliphatic hydroxyl groups is 1. The minimum absolute atomic E-state index is 0.0116. The molecule has 4 heteroatoms. The normalized spacial score (nSPS) is 12.5. The zero-order valence-electron chi connectivity index (χ0n) is 9.66. The van der Waals surface area contributed by atoms with Crippen molar-refractivity contribution in [2.24, 2.45) is 0 Å². The van der Waals surface area contributed by atoms with Gasteiger partial charge in [-0.15, -0.1) is 0 Å². The zero-order valence-corrected chi connectivity index (χ0v) is 10.4. The number of ether oxygens (including phenoxy) is 1. The first kappa shape index (κ1) is 13.3. The van der Waals surface area contributed by atoms with E-state index in [1.165, 1.54) is 0 Å². The van der Waals surface area contributed by atoms with Crippen LogP contribution in [0.2, 0.25) is 5.02 Å². The minimum Gasteiger partial charge on any atom is -0.491 e. The molecule has 0 amide bonds. The fourth-order valence-corrected chi connectivity index (χ4v) is 1.74. The number of aliphatic hydroxyl groups excluding tert-OH is 1. The number of rotatable bonds is 6. The summed E-state index contributed by atoms with van der Waals surface area (Å²) in [6, 6.07) is 5.69. The summed E-state index contributed by atoms with van der Waals surface area (Å²) in [5.74, 6) is 0.770. The summed E-state index contributed by atoms with van der Waals surface area (Å²) in [6.45, 7) is 5.30. The molecule has 0 aliphatic carbocycles. The van der Waals surface area contributed by atoms with Gasteiger partial charge < -0.3 is 15.2 Å². The molecule has 0 aliphatic heterocycles. The molecule has 0 saturated carbocycles. The van der Waals surface area contributed by atoms with E-state index in [1.807, 2.05) is 12.1 Å². The first-order chi connectivity index (χ1) is 7.69. The molecule has 2 N–H and O–H groups in total. The second kappa shape index (κ2) is 6.74. The molecule has 1 aromatic carbocycles. The average molecular weight is 244 g/mol. The maximum absolute atomic E-state index is 8.75. The van der Waals surface area contributed by atoms with E-state index in [0.717, 1.165) is 17.9 Å². The topological polar surface area (TPSA) is 41.5 Å². The lowest BCUT2D eigenvalue weighted by Crippen LogP contribution is -2.19. The summed E-state index contributed by atoms with van der Waals surface area (Å²) < 4.78 is 5.46. The van der Waals surface area contributed by atoms with E-state index >= 15 is 0 Å². The lowest BCUT2D eigenvalue weighted by atomic mass is 10.1. The molecule has 90 valence electrons. The van der Waals surface area contributed by atoms with Crippen molar-refractivity contribution in [2.75, 3.05) is 19.8 Å². The fraction of sp³-hybridized carbons (Fsp3) is 0.500. The van der Waals surface area contributed by atoms with Crippen LogP contribution in [-0.2, 0) is 0 Å². The largest absolute Gasteiger partial charge is 0.491 e. The monoisotopic (exact) mass is 243 g/mol. The Morgan fingerprint density at radius 3 is 2.88 bits per heavy atom. The highest BCUT2D eigenvalue weighted by molar-refractivity contribution is 6.30. The maximum atomic E-state index is 8.75. The van der Waals surface area contributed by atoms with Crippen molar-refractivity contribution < 1.29 is 9.84 Å². The summed E-state index contributed by atoms with van der Waals surface area (Å²) in [5, 5.41) is 12.7. The molecule has 1 aromatic rings. The third-order valence-electron chi connectivity index (χ3n) is 2.30. The number of benzene rings is 1. The first-order valence-electron chi connectivity index (χ1n) is 5.45. The molecule has 1 rings (SSSR count). The Balaban J connectivity index is 2.88. The highest BCUT2D eigenvalue weighted by Crippen LogP contribution is 2.28. The number of hydrogen-bond donors (Lipinski definition) is 2. The van der Waals surface area contributed by atoms with Gasteiger partial charge in [0.1, 0.15) is 12.4 Å². The van der Waals surface area contributed by atoms with E-state index in [0.29, 0.717) is 11.6 Å². The Morgan fingerprint density at radius 2 is 2.25 bits per heavy atom. The Morgan fingerprint density at radius 1 is 1.50 bits per heavy atom. The van der Waals surface area contributed by atoms with Gasteiger partial charge in [-0.2, -0.15) is 0 Å². The van der Waals surface area contributed by atoms with Crippen LogP contribution in [-0.4, -0.2) is 24.9 Å². The minimum atomic E-state index is 0.0116. The predicted molar refractivity (Wildman–Crippen MR) is 66.1 cm³/mol. The van der Waals surface area contributed by atoms with Gasteiger partial charge in [-0.1, -0.05) is 18.5 Å². The SMILES string of the molecule is CCNC(C)c1cc(Cl)ccc1OCCO. The van der Waals surface area contributed by atoms with Gasteiger partial charge in [-0.05, 0) is 31.7 Å². The van der Waals surface area contributed by atoms with Gasteiger partial charge in [0.05, 0.1) is 6.61 Å². The summed E-state index contributed by atoms with van der Waals surface area (Å²) in [4.78, 5) is 0. The summed E-state index contributed by atoms with van der Waals surface area (Å²) in [6.07, 6.45) is 0. The molecule has 16 heavy (non-hydrogen) atoms. The molecule has 0 spiro atoms. The summed E-state index contributed by atoms with van der Waals surface area (Å²) in [5.41, 5.74) is 1.02. The summed E-state index contributed by atoms with van der Waals surface area (Å²) in [7, 11) is 0. The molecule has 1 atom stereocenters. The van der Waals surface area contributed by atoms with E-state index in [1.54, 1.807) is 6.07 Å². The Hall–Kier alpha value is -0.770. The molecule has 0 saturated heterocycles. The van der Waals surface area contributed by atoms with Crippen LogP contribution in [0, 0.1) is 0 Å². The highest BCUT2D eigenvalue weighted by atomic mass is 35.5. The van der Waals surface area contributed by atoms with Crippen molar-refractivity contribution in [3.05, 3.63) is 28.8 Å². The zero-order chi connectivity index (χ0) is 12.0. The summed E-state index contributed by atoms with van der Waals surface area (Å²) >= 11 is 5.96. The Labute approximate surface area is 101 Å². The van der Waals surface area contributed by atoms with Crippen molar-refractivity contribution in [3.63, 3.8) is 0 Å². The van der Waals surface area contributed by atoms with Crippen LogP contribution in [0.5, 0.6) is 5.75 Å². The molecule has 0 heterocycles. The van der Waals surface area contributed by atoms with E-state index < -0.39 is 0 Å². The van der Waals surface area contributed by atoms with Crippen molar-refractivity contribution in [3.8, 4) is 5.75 Å². The molecule has 0 aromatic heterocycles.